The van der Waals surface area contributed by atoms with E-state index in [0.717, 1.165) is 19.5 Å². The third-order valence-electron chi connectivity index (χ3n) is 3.36. The second-order valence-corrected chi connectivity index (χ2v) is 4.71. The van der Waals surface area contributed by atoms with Crippen LogP contribution < -0.4 is 10.6 Å². The summed E-state index contributed by atoms with van der Waals surface area (Å²) < 4.78 is 0. The molecule has 0 aromatic carbocycles. The minimum Gasteiger partial charge on any atom is -0.352 e. The normalized spacial score (nSPS) is 24.8. The maximum Gasteiger partial charge on any atom is 0.225 e. The second-order valence-electron chi connectivity index (χ2n) is 4.71. The van der Waals surface area contributed by atoms with Crippen molar-refractivity contribution >= 4 is 11.8 Å². The van der Waals surface area contributed by atoms with Gasteiger partial charge in [-0.2, -0.15) is 0 Å². The molecule has 94 valence electrons. The molecule has 1 atom stereocenters. The smallest absolute Gasteiger partial charge is 0.225 e. The van der Waals surface area contributed by atoms with E-state index in [1.54, 1.807) is 11.9 Å². The molecule has 2 rings (SSSR count). The third kappa shape index (κ3) is 3.06. The highest BCUT2D eigenvalue weighted by molar-refractivity contribution is 5.89. The molecule has 1 unspecified atom stereocenters. The predicted molar refractivity (Wildman–Crippen MR) is 64.3 cm³/mol. The van der Waals surface area contributed by atoms with Crippen LogP contribution >= 0.6 is 0 Å². The van der Waals surface area contributed by atoms with Crippen molar-refractivity contribution in [2.75, 3.05) is 33.2 Å². The van der Waals surface area contributed by atoms with E-state index in [9.17, 15) is 9.59 Å². The van der Waals surface area contributed by atoms with E-state index in [4.69, 9.17) is 0 Å². The number of hydrogen-bond donors (Lipinski definition) is 2. The summed E-state index contributed by atoms with van der Waals surface area (Å²) in [6.45, 7) is 3.03. The Morgan fingerprint density at radius 3 is 3.06 bits per heavy atom. The first-order valence-electron chi connectivity index (χ1n) is 6.07. The topological polar surface area (TPSA) is 61.4 Å². The SMILES string of the molecule is CN1CC(C(=O)NCC2=CCNCC2)CC1=O. The van der Waals surface area contributed by atoms with Crippen LogP contribution in [-0.4, -0.2) is 49.9 Å². The fourth-order valence-corrected chi connectivity index (χ4v) is 2.21. The fourth-order valence-electron chi connectivity index (χ4n) is 2.21. The van der Waals surface area contributed by atoms with Crippen LogP contribution in [0.25, 0.3) is 0 Å². The molecule has 2 N–H and O–H groups in total. The monoisotopic (exact) mass is 237 g/mol. The van der Waals surface area contributed by atoms with Crippen molar-refractivity contribution in [2.24, 2.45) is 5.92 Å². The van der Waals surface area contributed by atoms with Crippen molar-refractivity contribution in [3.8, 4) is 0 Å². The van der Waals surface area contributed by atoms with Gasteiger partial charge in [0.25, 0.3) is 0 Å². The Labute approximate surface area is 101 Å². The quantitative estimate of drug-likeness (QED) is 0.651. The molecule has 0 aliphatic carbocycles. The van der Waals surface area contributed by atoms with Crippen LogP contribution in [0.15, 0.2) is 11.6 Å². The first-order chi connectivity index (χ1) is 8.16. The minimum atomic E-state index is -0.171. The van der Waals surface area contributed by atoms with Crippen LogP contribution in [0, 0.1) is 5.92 Å². The molecule has 2 aliphatic rings. The van der Waals surface area contributed by atoms with Gasteiger partial charge in [-0.05, 0) is 13.0 Å². The summed E-state index contributed by atoms with van der Waals surface area (Å²) >= 11 is 0. The van der Waals surface area contributed by atoms with Gasteiger partial charge in [-0.15, -0.1) is 0 Å². The molecule has 0 spiro atoms. The zero-order valence-electron chi connectivity index (χ0n) is 10.2. The number of amides is 2. The van der Waals surface area contributed by atoms with Gasteiger partial charge in [-0.3, -0.25) is 9.59 Å². The lowest BCUT2D eigenvalue weighted by atomic mass is 10.1. The van der Waals surface area contributed by atoms with Crippen molar-refractivity contribution < 1.29 is 9.59 Å². The van der Waals surface area contributed by atoms with Gasteiger partial charge in [-0.1, -0.05) is 11.6 Å². The zero-order valence-corrected chi connectivity index (χ0v) is 10.2. The summed E-state index contributed by atoms with van der Waals surface area (Å²) in [7, 11) is 1.74. The number of carbonyl (C=O) groups is 2. The molecule has 2 aliphatic heterocycles. The molecule has 2 heterocycles. The van der Waals surface area contributed by atoms with Crippen molar-refractivity contribution in [1.29, 1.82) is 0 Å². The molecule has 0 saturated carbocycles. The lowest BCUT2D eigenvalue weighted by Gasteiger charge is -2.16. The van der Waals surface area contributed by atoms with Crippen LogP contribution in [0.3, 0.4) is 0 Å². The van der Waals surface area contributed by atoms with Crippen LogP contribution in [0.5, 0.6) is 0 Å². The maximum atomic E-state index is 11.8. The average molecular weight is 237 g/mol. The Morgan fingerprint density at radius 1 is 1.65 bits per heavy atom. The maximum absolute atomic E-state index is 11.8. The number of carbonyl (C=O) groups excluding carboxylic acids is 2. The molecule has 1 fully saturated rings. The number of nitrogens with one attached hydrogen (secondary N) is 2. The second kappa shape index (κ2) is 5.31. The van der Waals surface area contributed by atoms with E-state index in [2.05, 4.69) is 16.7 Å². The predicted octanol–water partition coefficient (Wildman–Crippen LogP) is -0.499. The van der Waals surface area contributed by atoms with Gasteiger partial charge in [0.1, 0.15) is 0 Å². The highest BCUT2D eigenvalue weighted by atomic mass is 16.2. The van der Waals surface area contributed by atoms with Crippen LogP contribution in [0.2, 0.25) is 0 Å². The molecule has 5 nitrogen and oxygen atoms in total. The largest absolute Gasteiger partial charge is 0.352 e. The van der Waals surface area contributed by atoms with Gasteiger partial charge in [0.2, 0.25) is 11.8 Å². The number of nitrogens with zero attached hydrogens (tertiary/aromatic N) is 1. The summed E-state index contributed by atoms with van der Waals surface area (Å²) in [4.78, 5) is 24.8. The van der Waals surface area contributed by atoms with E-state index < -0.39 is 0 Å². The zero-order chi connectivity index (χ0) is 12.3. The summed E-state index contributed by atoms with van der Waals surface area (Å²) in [5.41, 5.74) is 1.27. The standard InChI is InChI=1S/C12H19N3O2/c1-15-8-10(6-11(15)16)12(17)14-7-9-2-4-13-5-3-9/h2,10,13H,3-8H2,1H3,(H,14,17). The van der Waals surface area contributed by atoms with Crippen molar-refractivity contribution in [2.45, 2.75) is 12.8 Å². The van der Waals surface area contributed by atoms with E-state index in [1.165, 1.54) is 5.57 Å². The van der Waals surface area contributed by atoms with Gasteiger partial charge in [0.05, 0.1) is 5.92 Å². The Morgan fingerprint density at radius 2 is 2.47 bits per heavy atom. The number of hydrogen-bond acceptors (Lipinski definition) is 3. The summed E-state index contributed by atoms with van der Waals surface area (Å²) in [5.74, 6) is -0.108. The highest BCUT2D eigenvalue weighted by Crippen LogP contribution is 2.16. The van der Waals surface area contributed by atoms with Gasteiger partial charge in [-0.25, -0.2) is 0 Å². The molecule has 0 bridgehead atoms. The van der Waals surface area contributed by atoms with E-state index in [-0.39, 0.29) is 17.7 Å². The summed E-state index contributed by atoms with van der Waals surface area (Å²) in [5, 5.41) is 6.15. The third-order valence-corrected chi connectivity index (χ3v) is 3.36. The molecule has 0 radical (unpaired) electrons. The molecule has 5 heteroatoms. The van der Waals surface area contributed by atoms with Gasteiger partial charge < -0.3 is 15.5 Å². The van der Waals surface area contributed by atoms with Gasteiger partial charge in [0, 0.05) is 33.1 Å². The van der Waals surface area contributed by atoms with Crippen molar-refractivity contribution in [3.63, 3.8) is 0 Å². The first-order valence-corrected chi connectivity index (χ1v) is 6.07. The molecule has 17 heavy (non-hydrogen) atoms. The minimum absolute atomic E-state index is 0.00197. The van der Waals surface area contributed by atoms with E-state index >= 15 is 0 Å². The average Bonchev–Trinajstić information content (AvgIpc) is 2.68. The van der Waals surface area contributed by atoms with E-state index in [0.29, 0.717) is 19.5 Å². The van der Waals surface area contributed by atoms with E-state index in [1.807, 2.05) is 0 Å². The Bertz CT molecular complexity index is 352. The van der Waals surface area contributed by atoms with Gasteiger partial charge in [0.15, 0.2) is 0 Å². The first kappa shape index (κ1) is 12.1. The van der Waals surface area contributed by atoms with Crippen LogP contribution in [0.1, 0.15) is 12.8 Å². The molecule has 1 saturated heterocycles. The number of rotatable bonds is 3. The summed E-state index contributed by atoms with van der Waals surface area (Å²) in [6.07, 6.45) is 3.46. The molecular weight excluding hydrogens is 218 g/mol. The molecule has 0 aromatic rings. The van der Waals surface area contributed by atoms with Gasteiger partial charge >= 0.3 is 0 Å². The molecular formula is C12H19N3O2. The van der Waals surface area contributed by atoms with Crippen LogP contribution in [-0.2, 0) is 9.59 Å². The highest BCUT2D eigenvalue weighted by Gasteiger charge is 2.31. The fraction of sp³-hybridized carbons (Fsp3) is 0.667. The molecule has 0 aromatic heterocycles. The van der Waals surface area contributed by atoms with Crippen LogP contribution in [0.4, 0.5) is 0 Å². The Balaban J connectivity index is 1.78. The lowest BCUT2D eigenvalue weighted by Crippen LogP contribution is -2.34. The van der Waals surface area contributed by atoms with Crippen molar-refractivity contribution in [3.05, 3.63) is 11.6 Å². The lowest BCUT2D eigenvalue weighted by molar-refractivity contribution is -0.128. The Kier molecular flexibility index (Phi) is 3.78. The summed E-state index contributed by atoms with van der Waals surface area (Å²) in [6, 6.07) is 0. The number of likely N-dealkylation sites (tertiary alicyclic amines) is 1. The molecule has 2 amide bonds. The van der Waals surface area contributed by atoms with Crippen molar-refractivity contribution in [1.82, 2.24) is 15.5 Å². The Hall–Kier alpha value is -1.36.